The number of aliphatic hydroxyl groups is 1. The number of rotatable bonds is 4. The van der Waals surface area contributed by atoms with Crippen LogP contribution in [0, 0.1) is 5.82 Å². The number of nitrogens with two attached hydrogens (primary N) is 1. The van der Waals surface area contributed by atoms with Crippen LogP contribution in [0.5, 0.6) is 5.88 Å². The maximum absolute atomic E-state index is 13.7. The zero-order valence-electron chi connectivity index (χ0n) is 9.81. The van der Waals surface area contributed by atoms with Crippen LogP contribution in [0.2, 0.25) is 5.02 Å². The maximum Gasteiger partial charge on any atom is 0.257 e. The molecule has 2 aromatic rings. The number of hydrogen-bond acceptors (Lipinski definition) is 5. The Morgan fingerprint density at radius 3 is 2.79 bits per heavy atom. The molecule has 0 aliphatic rings. The van der Waals surface area contributed by atoms with Gasteiger partial charge in [0.15, 0.2) is 0 Å². The number of nitrogens with zero attached hydrogens (tertiary/aromatic N) is 2. The highest BCUT2D eigenvalue weighted by Crippen LogP contribution is 2.27. The molecule has 0 aliphatic heterocycles. The molecule has 3 N–H and O–H groups in total. The van der Waals surface area contributed by atoms with Crippen molar-refractivity contribution in [2.24, 2.45) is 0 Å². The molecule has 2 rings (SSSR count). The fourth-order valence-electron chi connectivity index (χ4n) is 1.47. The summed E-state index contributed by atoms with van der Waals surface area (Å²) in [6.07, 6.45) is 0. The van der Waals surface area contributed by atoms with Crippen molar-refractivity contribution in [3.05, 3.63) is 35.1 Å². The second-order valence-corrected chi connectivity index (χ2v) is 4.12. The third-order valence-corrected chi connectivity index (χ3v) is 2.56. The zero-order valence-corrected chi connectivity index (χ0v) is 10.6. The van der Waals surface area contributed by atoms with Gasteiger partial charge in [-0.25, -0.2) is 4.39 Å². The molecule has 0 radical (unpaired) electrons. The summed E-state index contributed by atoms with van der Waals surface area (Å²) < 4.78 is 18.7. The average molecular weight is 284 g/mol. The van der Waals surface area contributed by atoms with Crippen molar-refractivity contribution in [3.8, 4) is 17.1 Å². The molecule has 5 nitrogen and oxygen atoms in total. The number of hydrogen-bond donors (Lipinski definition) is 2. The molecular weight excluding hydrogens is 273 g/mol. The van der Waals surface area contributed by atoms with E-state index in [1.165, 1.54) is 24.3 Å². The zero-order chi connectivity index (χ0) is 13.8. The molecule has 0 saturated carbocycles. The van der Waals surface area contributed by atoms with Crippen LogP contribution in [0.25, 0.3) is 11.3 Å². The molecule has 0 saturated heterocycles. The van der Waals surface area contributed by atoms with Gasteiger partial charge in [0.2, 0.25) is 0 Å². The number of ether oxygens (including phenoxy) is 1. The van der Waals surface area contributed by atoms with Gasteiger partial charge in [-0.05, 0) is 24.3 Å². The summed E-state index contributed by atoms with van der Waals surface area (Å²) in [5.41, 5.74) is 6.40. The minimum absolute atomic E-state index is 0.0593. The van der Waals surface area contributed by atoms with Gasteiger partial charge in [-0.2, -0.15) is 0 Å². The number of aliphatic hydroxyl groups excluding tert-OH is 1. The predicted molar refractivity (Wildman–Crippen MR) is 69.4 cm³/mol. The van der Waals surface area contributed by atoms with Crippen LogP contribution < -0.4 is 10.5 Å². The first-order valence-corrected chi connectivity index (χ1v) is 5.82. The topological polar surface area (TPSA) is 81.3 Å². The van der Waals surface area contributed by atoms with Crippen LogP contribution in [0.1, 0.15) is 0 Å². The van der Waals surface area contributed by atoms with Crippen molar-refractivity contribution in [2.45, 2.75) is 0 Å². The lowest BCUT2D eigenvalue weighted by atomic mass is 10.1. The number of aromatic nitrogens is 2. The van der Waals surface area contributed by atoms with Crippen molar-refractivity contribution < 1.29 is 14.2 Å². The van der Waals surface area contributed by atoms with E-state index in [1.54, 1.807) is 0 Å². The molecule has 0 spiro atoms. The van der Waals surface area contributed by atoms with Gasteiger partial charge in [0.25, 0.3) is 5.88 Å². The van der Waals surface area contributed by atoms with Crippen LogP contribution >= 0.6 is 11.6 Å². The van der Waals surface area contributed by atoms with E-state index in [2.05, 4.69) is 10.2 Å². The Morgan fingerprint density at radius 1 is 1.32 bits per heavy atom. The van der Waals surface area contributed by atoms with Gasteiger partial charge in [-0.3, -0.25) is 0 Å². The van der Waals surface area contributed by atoms with Crippen molar-refractivity contribution in [1.82, 2.24) is 10.2 Å². The fourth-order valence-corrected chi connectivity index (χ4v) is 1.65. The van der Waals surface area contributed by atoms with E-state index < -0.39 is 5.82 Å². The number of benzene rings is 1. The van der Waals surface area contributed by atoms with Crippen molar-refractivity contribution in [3.63, 3.8) is 0 Å². The minimum atomic E-state index is -0.470. The SMILES string of the molecule is Nc1cc(-c2cc(Cl)ccc2F)nnc1OCCO. The lowest BCUT2D eigenvalue weighted by Crippen LogP contribution is -2.07. The molecule has 0 atom stereocenters. The minimum Gasteiger partial charge on any atom is -0.473 e. The highest BCUT2D eigenvalue weighted by Gasteiger charge is 2.11. The first-order valence-electron chi connectivity index (χ1n) is 5.44. The van der Waals surface area contributed by atoms with Gasteiger partial charge < -0.3 is 15.6 Å². The lowest BCUT2D eigenvalue weighted by molar-refractivity contribution is 0.196. The smallest absolute Gasteiger partial charge is 0.257 e. The Kier molecular flexibility index (Phi) is 4.13. The molecule has 1 heterocycles. The standard InChI is InChI=1S/C12H11ClFN3O2/c13-7-1-2-9(14)8(5-7)11-6-10(15)12(17-16-11)19-4-3-18/h1-2,5-6,18H,3-4H2,(H2,15,16). The van der Waals surface area contributed by atoms with Gasteiger partial charge in [-0.15, -0.1) is 10.2 Å². The summed E-state index contributed by atoms with van der Waals surface area (Å²) in [5.74, 6) is -0.373. The second-order valence-electron chi connectivity index (χ2n) is 3.69. The number of halogens is 2. The summed E-state index contributed by atoms with van der Waals surface area (Å²) in [7, 11) is 0. The summed E-state index contributed by atoms with van der Waals surface area (Å²) >= 11 is 5.81. The summed E-state index contributed by atoms with van der Waals surface area (Å²) in [4.78, 5) is 0. The van der Waals surface area contributed by atoms with Crippen LogP contribution in [-0.2, 0) is 0 Å². The van der Waals surface area contributed by atoms with E-state index in [-0.39, 0.29) is 36.0 Å². The van der Waals surface area contributed by atoms with E-state index in [4.69, 9.17) is 27.2 Å². The van der Waals surface area contributed by atoms with Gasteiger partial charge in [-0.1, -0.05) is 11.6 Å². The van der Waals surface area contributed by atoms with Crippen LogP contribution in [-0.4, -0.2) is 28.5 Å². The second kappa shape index (κ2) is 5.81. The Balaban J connectivity index is 2.36. The lowest BCUT2D eigenvalue weighted by Gasteiger charge is -2.08. The Hall–Kier alpha value is -1.92. The molecule has 100 valence electrons. The quantitative estimate of drug-likeness (QED) is 0.895. The highest BCUT2D eigenvalue weighted by molar-refractivity contribution is 6.30. The van der Waals surface area contributed by atoms with Crippen molar-refractivity contribution >= 4 is 17.3 Å². The number of nitrogen functional groups attached to an aromatic ring is 1. The van der Waals surface area contributed by atoms with Crippen LogP contribution in [0.4, 0.5) is 10.1 Å². The maximum atomic E-state index is 13.7. The van der Waals surface area contributed by atoms with E-state index in [9.17, 15) is 4.39 Å². The molecular formula is C12H11ClFN3O2. The molecule has 0 unspecified atom stereocenters. The molecule has 1 aromatic carbocycles. The molecule has 0 fully saturated rings. The normalized spacial score (nSPS) is 10.5. The summed E-state index contributed by atoms with van der Waals surface area (Å²) in [6.45, 7) is -0.102. The van der Waals surface area contributed by atoms with Crippen LogP contribution in [0.15, 0.2) is 24.3 Å². The van der Waals surface area contributed by atoms with Gasteiger partial charge in [0.05, 0.1) is 18.0 Å². The Morgan fingerprint density at radius 2 is 2.11 bits per heavy atom. The van der Waals surface area contributed by atoms with Crippen LogP contribution in [0.3, 0.4) is 0 Å². The van der Waals surface area contributed by atoms with Gasteiger partial charge in [0, 0.05) is 10.6 Å². The third kappa shape index (κ3) is 3.10. The fraction of sp³-hybridized carbons (Fsp3) is 0.167. The van der Waals surface area contributed by atoms with Crippen molar-refractivity contribution in [2.75, 3.05) is 18.9 Å². The van der Waals surface area contributed by atoms with E-state index in [0.29, 0.717) is 5.02 Å². The number of anilines is 1. The average Bonchev–Trinajstić information content (AvgIpc) is 2.40. The first kappa shape index (κ1) is 13.5. The highest BCUT2D eigenvalue weighted by atomic mass is 35.5. The predicted octanol–water partition coefficient (Wildman–Crippen LogP) is 1.89. The molecule has 0 amide bonds. The van der Waals surface area contributed by atoms with E-state index >= 15 is 0 Å². The third-order valence-electron chi connectivity index (χ3n) is 2.32. The molecule has 0 bridgehead atoms. The monoisotopic (exact) mass is 283 g/mol. The molecule has 1 aromatic heterocycles. The summed E-state index contributed by atoms with van der Waals surface area (Å²) in [6, 6.07) is 5.56. The first-order chi connectivity index (χ1) is 9.11. The summed E-state index contributed by atoms with van der Waals surface area (Å²) in [5, 5.41) is 16.6. The Bertz CT molecular complexity index is 595. The van der Waals surface area contributed by atoms with Crippen molar-refractivity contribution in [1.29, 1.82) is 0 Å². The van der Waals surface area contributed by atoms with Gasteiger partial charge in [0.1, 0.15) is 12.4 Å². The van der Waals surface area contributed by atoms with E-state index in [1.807, 2.05) is 0 Å². The van der Waals surface area contributed by atoms with E-state index in [0.717, 1.165) is 0 Å². The Labute approximate surface area is 113 Å². The molecule has 7 heteroatoms. The van der Waals surface area contributed by atoms with Gasteiger partial charge >= 0.3 is 0 Å². The largest absolute Gasteiger partial charge is 0.473 e. The molecule has 0 aliphatic carbocycles. The molecule has 19 heavy (non-hydrogen) atoms.